The van der Waals surface area contributed by atoms with Gasteiger partial charge in [0, 0.05) is 48.2 Å². The van der Waals surface area contributed by atoms with E-state index in [0.717, 1.165) is 47.4 Å². The molecule has 0 saturated heterocycles. The molecule has 6 nitrogen and oxygen atoms in total. The molecule has 3 heterocycles. The van der Waals surface area contributed by atoms with Crippen molar-refractivity contribution < 1.29 is 5.11 Å². The summed E-state index contributed by atoms with van der Waals surface area (Å²) in [5, 5.41) is 20.7. The number of hydrogen-bond donors (Lipinski definition) is 1. The Morgan fingerprint density at radius 3 is 2.83 bits per heavy atom. The number of aliphatic imine (C=N–C) groups is 1. The number of phenols is 1. The van der Waals surface area contributed by atoms with Gasteiger partial charge in [0.25, 0.3) is 0 Å². The third-order valence-electron chi connectivity index (χ3n) is 4.47. The Morgan fingerprint density at radius 1 is 1.29 bits per heavy atom. The Kier molecular flexibility index (Phi) is 3.28. The van der Waals surface area contributed by atoms with Gasteiger partial charge in [-0.15, -0.1) is 0 Å². The lowest BCUT2D eigenvalue weighted by molar-refractivity contribution is 0.480. The highest BCUT2D eigenvalue weighted by Gasteiger charge is 2.23. The highest BCUT2D eigenvalue weighted by molar-refractivity contribution is 6.06. The number of aryl methyl sites for hydroxylation is 2. The molecule has 0 saturated carbocycles. The Hall–Kier alpha value is -3.20. The monoisotopic (exact) mass is 317 g/mol. The van der Waals surface area contributed by atoms with Crippen LogP contribution in [0.25, 0.3) is 22.0 Å². The molecule has 24 heavy (non-hydrogen) atoms. The summed E-state index contributed by atoms with van der Waals surface area (Å²) < 4.78 is 2.17. The van der Waals surface area contributed by atoms with Crippen LogP contribution in [0.5, 0.6) is 5.75 Å². The minimum Gasteiger partial charge on any atom is -0.506 e. The molecule has 1 aliphatic rings. The van der Waals surface area contributed by atoms with E-state index in [0.29, 0.717) is 5.39 Å². The van der Waals surface area contributed by atoms with Crippen LogP contribution in [0, 0.1) is 18.3 Å². The van der Waals surface area contributed by atoms with E-state index in [9.17, 15) is 10.4 Å². The highest BCUT2D eigenvalue weighted by Crippen LogP contribution is 2.41. The highest BCUT2D eigenvalue weighted by atomic mass is 16.3. The first kappa shape index (κ1) is 14.4. The van der Waals surface area contributed by atoms with Gasteiger partial charge in [0.1, 0.15) is 18.1 Å². The fourth-order valence-electron chi connectivity index (χ4n) is 3.36. The molecule has 2 aromatic heterocycles. The number of rotatable bonds is 1. The number of fused-ring (bicyclic) bond motifs is 3. The van der Waals surface area contributed by atoms with Crippen molar-refractivity contribution in [3.63, 3.8) is 0 Å². The average Bonchev–Trinajstić information content (AvgIpc) is 2.78. The van der Waals surface area contributed by atoms with Crippen molar-refractivity contribution in [3.05, 3.63) is 41.6 Å². The first-order chi connectivity index (χ1) is 11.7. The maximum absolute atomic E-state index is 10.6. The Labute approximate surface area is 138 Å². The van der Waals surface area contributed by atoms with Gasteiger partial charge >= 0.3 is 0 Å². The summed E-state index contributed by atoms with van der Waals surface area (Å²) >= 11 is 0. The van der Waals surface area contributed by atoms with Gasteiger partial charge in [0.05, 0.1) is 16.8 Å². The maximum atomic E-state index is 10.6. The summed E-state index contributed by atoms with van der Waals surface area (Å²) in [6, 6.07) is 3.80. The molecule has 118 valence electrons. The van der Waals surface area contributed by atoms with Gasteiger partial charge in [-0.3, -0.25) is 4.99 Å². The molecule has 3 aromatic rings. The lowest BCUT2D eigenvalue weighted by atomic mass is 9.99. The summed E-state index contributed by atoms with van der Waals surface area (Å²) in [6.07, 6.45) is 7.71. The van der Waals surface area contributed by atoms with Crippen LogP contribution >= 0.6 is 0 Å². The standard InChI is InChI=1S/C18H15N5O/c1-11-15-9-20-3-2-4-23(15)17-14(13-7-21-10-22-8-13)5-12(6-19)18(24)16(11)17/h5,7-10,24H,2-4H2,1H3. The van der Waals surface area contributed by atoms with Crippen molar-refractivity contribution in [1.82, 2.24) is 14.5 Å². The topological polar surface area (TPSA) is 87.1 Å². The zero-order chi connectivity index (χ0) is 16.7. The smallest absolute Gasteiger partial charge is 0.143 e. The fourth-order valence-corrected chi connectivity index (χ4v) is 3.36. The molecule has 0 spiro atoms. The van der Waals surface area contributed by atoms with Crippen LogP contribution in [-0.4, -0.2) is 32.4 Å². The minimum atomic E-state index is 0.0274. The molecule has 0 aliphatic carbocycles. The van der Waals surface area contributed by atoms with Crippen molar-refractivity contribution >= 4 is 17.1 Å². The van der Waals surface area contributed by atoms with Gasteiger partial charge in [0.15, 0.2) is 0 Å². The largest absolute Gasteiger partial charge is 0.506 e. The third kappa shape index (κ3) is 1.98. The van der Waals surface area contributed by atoms with Crippen molar-refractivity contribution in [3.8, 4) is 22.9 Å². The second-order valence-electron chi connectivity index (χ2n) is 5.83. The van der Waals surface area contributed by atoms with Crippen LogP contribution in [-0.2, 0) is 6.54 Å². The molecule has 0 atom stereocenters. The zero-order valence-corrected chi connectivity index (χ0v) is 13.2. The first-order valence-corrected chi connectivity index (χ1v) is 7.76. The molecule has 0 fully saturated rings. The lowest BCUT2D eigenvalue weighted by Crippen LogP contribution is -2.02. The summed E-state index contributed by atoms with van der Waals surface area (Å²) in [6.45, 7) is 3.55. The molecule has 1 aliphatic heterocycles. The SMILES string of the molecule is Cc1c2n(c3c(-c4cncnc4)cc(C#N)c(O)c13)CCCN=C2. The molecule has 1 aromatic carbocycles. The quantitative estimate of drug-likeness (QED) is 0.747. The lowest BCUT2D eigenvalue weighted by Gasteiger charge is -2.11. The predicted molar refractivity (Wildman–Crippen MR) is 91.2 cm³/mol. The Morgan fingerprint density at radius 2 is 2.08 bits per heavy atom. The maximum Gasteiger partial charge on any atom is 0.143 e. The number of hydrogen-bond acceptors (Lipinski definition) is 5. The van der Waals surface area contributed by atoms with Crippen LogP contribution in [0.2, 0.25) is 0 Å². The van der Waals surface area contributed by atoms with Gasteiger partial charge in [0.2, 0.25) is 0 Å². The summed E-state index contributed by atoms with van der Waals surface area (Å²) in [5.41, 5.74) is 4.74. The van der Waals surface area contributed by atoms with Crippen molar-refractivity contribution in [2.24, 2.45) is 4.99 Å². The average molecular weight is 317 g/mol. The van der Waals surface area contributed by atoms with Crippen LogP contribution in [0.1, 0.15) is 23.2 Å². The number of phenolic OH excluding ortho intramolecular Hbond substituents is 1. The molecule has 0 radical (unpaired) electrons. The van der Waals surface area contributed by atoms with Crippen LogP contribution in [0.15, 0.2) is 29.8 Å². The molecule has 1 N–H and O–H groups in total. The van der Waals surface area contributed by atoms with Crippen LogP contribution in [0.3, 0.4) is 0 Å². The number of aromatic hydroxyl groups is 1. The number of nitriles is 1. The van der Waals surface area contributed by atoms with Gasteiger partial charge in [-0.25, -0.2) is 9.97 Å². The minimum absolute atomic E-state index is 0.0274. The first-order valence-electron chi connectivity index (χ1n) is 7.76. The van der Waals surface area contributed by atoms with E-state index < -0.39 is 0 Å². The van der Waals surface area contributed by atoms with E-state index in [1.54, 1.807) is 18.5 Å². The summed E-state index contributed by atoms with van der Waals surface area (Å²) in [7, 11) is 0. The Balaban J connectivity index is 2.19. The fraction of sp³-hybridized carbons (Fsp3) is 0.222. The molecule has 0 amide bonds. The van der Waals surface area contributed by atoms with Gasteiger partial charge in [-0.2, -0.15) is 5.26 Å². The van der Waals surface area contributed by atoms with E-state index in [2.05, 4.69) is 25.6 Å². The number of nitrogens with zero attached hydrogens (tertiary/aromatic N) is 5. The van der Waals surface area contributed by atoms with E-state index in [1.165, 1.54) is 6.33 Å². The summed E-state index contributed by atoms with van der Waals surface area (Å²) in [5.74, 6) is 0.0274. The molecule has 6 heteroatoms. The molecule has 0 bridgehead atoms. The Bertz CT molecular complexity index is 1010. The number of benzene rings is 1. The molecular weight excluding hydrogens is 302 g/mol. The van der Waals surface area contributed by atoms with Gasteiger partial charge in [-0.1, -0.05) is 0 Å². The van der Waals surface area contributed by atoms with E-state index in [-0.39, 0.29) is 11.3 Å². The van der Waals surface area contributed by atoms with E-state index in [1.807, 2.05) is 13.1 Å². The van der Waals surface area contributed by atoms with Crippen molar-refractivity contribution in [1.29, 1.82) is 5.26 Å². The van der Waals surface area contributed by atoms with Crippen LogP contribution < -0.4 is 0 Å². The molecular formula is C18H15N5O. The normalized spacial score (nSPS) is 13.5. The second-order valence-corrected chi connectivity index (χ2v) is 5.83. The van der Waals surface area contributed by atoms with Gasteiger partial charge < -0.3 is 9.67 Å². The zero-order valence-electron chi connectivity index (χ0n) is 13.2. The summed E-state index contributed by atoms with van der Waals surface area (Å²) in [4.78, 5) is 12.6. The predicted octanol–water partition coefficient (Wildman–Crippen LogP) is 2.81. The number of aromatic nitrogens is 3. The molecule has 4 rings (SSSR count). The van der Waals surface area contributed by atoms with E-state index in [4.69, 9.17) is 0 Å². The van der Waals surface area contributed by atoms with Crippen molar-refractivity contribution in [2.75, 3.05) is 6.54 Å². The van der Waals surface area contributed by atoms with E-state index >= 15 is 0 Å². The van der Waals surface area contributed by atoms with Gasteiger partial charge in [-0.05, 0) is 25.0 Å². The molecule has 0 unspecified atom stereocenters. The third-order valence-corrected chi connectivity index (χ3v) is 4.47. The van der Waals surface area contributed by atoms with Crippen molar-refractivity contribution in [2.45, 2.75) is 19.9 Å². The van der Waals surface area contributed by atoms with Crippen LogP contribution in [0.4, 0.5) is 0 Å². The second kappa shape index (κ2) is 5.46.